The molecule has 1 heterocycles. The van der Waals surface area contributed by atoms with Gasteiger partial charge in [0.25, 0.3) is 0 Å². The molecule has 0 unspecified atom stereocenters. The van der Waals surface area contributed by atoms with E-state index in [-0.39, 0.29) is 6.10 Å². The summed E-state index contributed by atoms with van der Waals surface area (Å²) in [6.45, 7) is 16.3. The van der Waals surface area contributed by atoms with Gasteiger partial charge in [-0.1, -0.05) is 0 Å². The van der Waals surface area contributed by atoms with Crippen molar-refractivity contribution in [1.82, 2.24) is 10.2 Å². The van der Waals surface area contributed by atoms with E-state index < -0.39 is 0 Å². The number of hydrogen-bond donors (Lipinski definition) is 1. The molecule has 0 amide bonds. The van der Waals surface area contributed by atoms with Crippen molar-refractivity contribution in [3.05, 3.63) is 28.3 Å². The van der Waals surface area contributed by atoms with Gasteiger partial charge in [-0.3, -0.25) is 4.90 Å². The average Bonchev–Trinajstić information content (AvgIpc) is 2.41. The Balaban J connectivity index is 2.22. The maximum Gasteiger partial charge on any atom is 0.123 e. The third kappa shape index (κ3) is 3.53. The maximum atomic E-state index is 5.93. The minimum absolute atomic E-state index is 0.228. The Morgan fingerprint density at radius 3 is 2.40 bits per heavy atom. The molecule has 3 nitrogen and oxygen atoms in total. The Bertz CT molecular complexity index is 463. The van der Waals surface area contributed by atoms with Gasteiger partial charge in [-0.25, -0.2) is 0 Å². The van der Waals surface area contributed by atoms with Gasteiger partial charge in [-0.05, 0) is 62.9 Å². The lowest BCUT2D eigenvalue weighted by atomic mass is 9.96. The van der Waals surface area contributed by atoms with E-state index in [1.54, 1.807) is 0 Å². The molecule has 1 aromatic rings. The van der Waals surface area contributed by atoms with Gasteiger partial charge in [0.2, 0.25) is 0 Å². The molecule has 1 aliphatic rings. The van der Waals surface area contributed by atoms with Gasteiger partial charge in [0.15, 0.2) is 0 Å². The summed E-state index contributed by atoms with van der Waals surface area (Å²) in [5.41, 5.74) is 5.50. The van der Waals surface area contributed by atoms with E-state index in [1.165, 1.54) is 22.3 Å². The number of piperazine rings is 1. The fourth-order valence-corrected chi connectivity index (χ4v) is 2.81. The molecule has 1 fully saturated rings. The quantitative estimate of drug-likeness (QED) is 0.915. The molecular formula is C17H28N2O. The monoisotopic (exact) mass is 276 g/mol. The molecule has 2 rings (SSSR count). The Hall–Kier alpha value is -1.06. The normalized spacial score (nSPS) is 16.7. The molecule has 0 aliphatic carbocycles. The summed E-state index contributed by atoms with van der Waals surface area (Å²) in [5.74, 6) is 1.04. The first kappa shape index (κ1) is 15.3. The van der Waals surface area contributed by atoms with E-state index in [1.807, 2.05) is 0 Å². The van der Waals surface area contributed by atoms with Crippen molar-refractivity contribution < 1.29 is 4.74 Å². The lowest BCUT2D eigenvalue weighted by Crippen LogP contribution is -2.43. The van der Waals surface area contributed by atoms with Crippen molar-refractivity contribution in [3.8, 4) is 5.75 Å². The molecule has 0 atom stereocenters. The van der Waals surface area contributed by atoms with Crippen LogP contribution >= 0.6 is 0 Å². The number of nitrogens with one attached hydrogen (secondary N) is 1. The number of benzene rings is 1. The molecule has 1 saturated heterocycles. The molecule has 0 spiro atoms. The Morgan fingerprint density at radius 2 is 1.80 bits per heavy atom. The van der Waals surface area contributed by atoms with Crippen LogP contribution in [0.15, 0.2) is 6.07 Å². The molecule has 1 aliphatic heterocycles. The van der Waals surface area contributed by atoms with Crippen LogP contribution in [0.2, 0.25) is 0 Å². The molecule has 1 aromatic carbocycles. The molecule has 0 saturated carbocycles. The maximum absolute atomic E-state index is 5.93. The summed E-state index contributed by atoms with van der Waals surface area (Å²) in [5, 5.41) is 3.41. The lowest BCUT2D eigenvalue weighted by Gasteiger charge is -2.29. The molecule has 112 valence electrons. The predicted molar refractivity (Wildman–Crippen MR) is 84.6 cm³/mol. The zero-order valence-corrected chi connectivity index (χ0v) is 13.5. The van der Waals surface area contributed by atoms with Gasteiger partial charge in [-0.15, -0.1) is 0 Å². The fourth-order valence-electron chi connectivity index (χ4n) is 2.81. The Kier molecular flexibility index (Phi) is 5.06. The highest BCUT2D eigenvalue weighted by molar-refractivity contribution is 5.48. The summed E-state index contributed by atoms with van der Waals surface area (Å²) in [4.78, 5) is 2.54. The first-order chi connectivity index (χ1) is 9.49. The van der Waals surface area contributed by atoms with E-state index in [0.29, 0.717) is 0 Å². The molecule has 20 heavy (non-hydrogen) atoms. The number of nitrogens with zero attached hydrogens (tertiary/aromatic N) is 1. The van der Waals surface area contributed by atoms with Crippen LogP contribution in [0.5, 0.6) is 5.75 Å². The fraction of sp³-hybridized carbons (Fsp3) is 0.647. The zero-order valence-electron chi connectivity index (χ0n) is 13.5. The minimum Gasteiger partial charge on any atom is -0.491 e. The first-order valence-electron chi connectivity index (χ1n) is 7.68. The smallest absolute Gasteiger partial charge is 0.123 e. The van der Waals surface area contributed by atoms with Gasteiger partial charge in [0, 0.05) is 32.7 Å². The summed E-state index contributed by atoms with van der Waals surface area (Å²) in [6.07, 6.45) is 0.228. The molecular weight excluding hydrogens is 248 g/mol. The number of rotatable bonds is 4. The summed E-state index contributed by atoms with van der Waals surface area (Å²) in [7, 11) is 0. The van der Waals surface area contributed by atoms with Gasteiger partial charge in [-0.2, -0.15) is 0 Å². The van der Waals surface area contributed by atoms with Gasteiger partial charge < -0.3 is 10.1 Å². The second-order valence-electron chi connectivity index (χ2n) is 6.11. The molecule has 0 bridgehead atoms. The first-order valence-corrected chi connectivity index (χ1v) is 7.68. The van der Waals surface area contributed by atoms with Crippen LogP contribution in [-0.4, -0.2) is 37.2 Å². The van der Waals surface area contributed by atoms with E-state index >= 15 is 0 Å². The molecule has 0 radical (unpaired) electrons. The Morgan fingerprint density at radius 1 is 1.15 bits per heavy atom. The second kappa shape index (κ2) is 6.59. The van der Waals surface area contributed by atoms with Crippen molar-refractivity contribution in [2.45, 2.75) is 47.3 Å². The zero-order chi connectivity index (χ0) is 14.7. The van der Waals surface area contributed by atoms with Crippen LogP contribution in [0.25, 0.3) is 0 Å². The van der Waals surface area contributed by atoms with Crippen LogP contribution < -0.4 is 10.1 Å². The highest BCUT2D eigenvalue weighted by Gasteiger charge is 2.16. The summed E-state index contributed by atoms with van der Waals surface area (Å²) in [6, 6.07) is 2.21. The predicted octanol–water partition coefficient (Wildman–Crippen LogP) is 2.80. The van der Waals surface area contributed by atoms with Gasteiger partial charge in [0.05, 0.1) is 6.10 Å². The standard InChI is InChI=1S/C17H28N2O/c1-12(2)20-17-10-13(3)16(14(4)15(17)5)11-19-8-6-18-7-9-19/h10,12,18H,6-9,11H2,1-5H3. The van der Waals surface area contributed by atoms with Crippen molar-refractivity contribution in [2.24, 2.45) is 0 Å². The van der Waals surface area contributed by atoms with E-state index in [2.05, 4.69) is 50.9 Å². The highest BCUT2D eigenvalue weighted by Crippen LogP contribution is 2.29. The Labute approximate surface area is 123 Å². The van der Waals surface area contributed by atoms with Gasteiger partial charge >= 0.3 is 0 Å². The summed E-state index contributed by atoms with van der Waals surface area (Å²) >= 11 is 0. The van der Waals surface area contributed by atoms with Crippen molar-refractivity contribution >= 4 is 0 Å². The topological polar surface area (TPSA) is 24.5 Å². The SMILES string of the molecule is Cc1cc(OC(C)C)c(C)c(C)c1CN1CCNCC1. The van der Waals surface area contributed by atoms with E-state index in [0.717, 1.165) is 38.5 Å². The number of aryl methyl sites for hydroxylation is 1. The van der Waals surface area contributed by atoms with Crippen LogP contribution in [-0.2, 0) is 6.54 Å². The van der Waals surface area contributed by atoms with Crippen LogP contribution in [0.1, 0.15) is 36.1 Å². The third-order valence-electron chi connectivity index (χ3n) is 4.16. The number of ether oxygens (including phenoxy) is 1. The van der Waals surface area contributed by atoms with Crippen LogP contribution in [0.3, 0.4) is 0 Å². The largest absolute Gasteiger partial charge is 0.491 e. The van der Waals surface area contributed by atoms with E-state index in [4.69, 9.17) is 4.74 Å². The lowest BCUT2D eigenvalue weighted by molar-refractivity contribution is 0.230. The van der Waals surface area contributed by atoms with Crippen molar-refractivity contribution in [2.75, 3.05) is 26.2 Å². The van der Waals surface area contributed by atoms with Crippen LogP contribution in [0.4, 0.5) is 0 Å². The van der Waals surface area contributed by atoms with Gasteiger partial charge in [0.1, 0.15) is 5.75 Å². The average molecular weight is 276 g/mol. The molecule has 1 N–H and O–H groups in total. The van der Waals surface area contributed by atoms with E-state index in [9.17, 15) is 0 Å². The number of hydrogen-bond acceptors (Lipinski definition) is 3. The third-order valence-corrected chi connectivity index (χ3v) is 4.16. The highest BCUT2D eigenvalue weighted by atomic mass is 16.5. The molecule has 0 aromatic heterocycles. The second-order valence-corrected chi connectivity index (χ2v) is 6.11. The summed E-state index contributed by atoms with van der Waals surface area (Å²) < 4.78 is 5.93. The minimum atomic E-state index is 0.228. The van der Waals surface area contributed by atoms with Crippen LogP contribution in [0, 0.1) is 20.8 Å². The van der Waals surface area contributed by atoms with Crippen molar-refractivity contribution in [1.29, 1.82) is 0 Å². The van der Waals surface area contributed by atoms with Crippen molar-refractivity contribution in [3.63, 3.8) is 0 Å². The molecule has 3 heteroatoms.